The van der Waals surface area contributed by atoms with E-state index >= 15 is 0 Å². The Labute approximate surface area is 125 Å². The molecule has 1 N–H and O–H groups in total. The first-order valence-electron chi connectivity index (χ1n) is 6.15. The summed E-state index contributed by atoms with van der Waals surface area (Å²) >= 11 is 7.70. The lowest BCUT2D eigenvalue weighted by Crippen LogP contribution is -2.21. The molecule has 2 aromatic heterocycles. The number of carboxylic acids is 1. The highest BCUT2D eigenvalue weighted by Gasteiger charge is 2.26. The van der Waals surface area contributed by atoms with Gasteiger partial charge in [0.2, 0.25) is 0 Å². The standard InChI is InChI=1S/C12H15ClN4O2S/c1-6(2)8(4-9(18)19)17-12(14-15-16-17)11-10(13)7(3)5-20-11/h5-6,8H,4H2,1-3H3,(H,18,19). The first-order chi connectivity index (χ1) is 9.41. The molecule has 0 saturated carbocycles. The highest BCUT2D eigenvalue weighted by Crippen LogP contribution is 2.36. The van der Waals surface area contributed by atoms with Crippen molar-refractivity contribution in [2.75, 3.05) is 0 Å². The van der Waals surface area contributed by atoms with Crippen molar-refractivity contribution in [1.29, 1.82) is 0 Å². The summed E-state index contributed by atoms with van der Waals surface area (Å²) < 4.78 is 1.57. The van der Waals surface area contributed by atoms with E-state index in [0.29, 0.717) is 10.8 Å². The van der Waals surface area contributed by atoms with Crippen LogP contribution in [0.1, 0.15) is 31.9 Å². The molecular weight excluding hydrogens is 300 g/mol. The summed E-state index contributed by atoms with van der Waals surface area (Å²) in [6.45, 7) is 5.80. The maximum atomic E-state index is 11.0. The van der Waals surface area contributed by atoms with Crippen LogP contribution in [-0.4, -0.2) is 31.3 Å². The van der Waals surface area contributed by atoms with Gasteiger partial charge in [0, 0.05) is 0 Å². The van der Waals surface area contributed by atoms with Crippen molar-refractivity contribution in [1.82, 2.24) is 20.2 Å². The van der Waals surface area contributed by atoms with Crippen LogP contribution in [0, 0.1) is 12.8 Å². The smallest absolute Gasteiger partial charge is 0.305 e. The van der Waals surface area contributed by atoms with E-state index in [2.05, 4.69) is 15.5 Å². The lowest BCUT2D eigenvalue weighted by atomic mass is 10.0. The third kappa shape index (κ3) is 2.83. The average molecular weight is 315 g/mol. The molecule has 0 spiro atoms. The Balaban J connectivity index is 2.46. The molecule has 1 atom stereocenters. The Kier molecular flexibility index (Phi) is 4.39. The topological polar surface area (TPSA) is 80.9 Å². The summed E-state index contributed by atoms with van der Waals surface area (Å²) in [6, 6.07) is -0.309. The third-order valence-corrected chi connectivity index (χ3v) is 4.76. The van der Waals surface area contributed by atoms with Crippen LogP contribution in [-0.2, 0) is 4.79 Å². The molecule has 0 aliphatic rings. The maximum Gasteiger partial charge on any atom is 0.305 e. The number of hydrogen-bond acceptors (Lipinski definition) is 5. The third-order valence-electron chi connectivity index (χ3n) is 3.06. The molecule has 6 nitrogen and oxygen atoms in total. The summed E-state index contributed by atoms with van der Waals surface area (Å²) in [6.07, 6.45) is -0.0301. The van der Waals surface area contributed by atoms with Crippen molar-refractivity contribution in [2.45, 2.75) is 33.2 Å². The number of aryl methyl sites for hydroxylation is 1. The number of tetrazole rings is 1. The predicted molar refractivity (Wildman–Crippen MR) is 77.0 cm³/mol. The van der Waals surface area contributed by atoms with Gasteiger partial charge in [0.15, 0.2) is 5.82 Å². The fourth-order valence-corrected chi connectivity index (χ4v) is 3.18. The molecule has 2 aromatic rings. The van der Waals surface area contributed by atoms with Crippen LogP contribution in [0.2, 0.25) is 5.02 Å². The van der Waals surface area contributed by atoms with E-state index in [1.165, 1.54) is 11.3 Å². The molecule has 108 valence electrons. The molecule has 0 aliphatic heterocycles. The monoisotopic (exact) mass is 314 g/mol. The Morgan fingerprint density at radius 1 is 1.55 bits per heavy atom. The highest BCUT2D eigenvalue weighted by atomic mass is 35.5. The summed E-state index contributed by atoms with van der Waals surface area (Å²) in [4.78, 5) is 11.8. The minimum Gasteiger partial charge on any atom is -0.481 e. The van der Waals surface area contributed by atoms with Crippen LogP contribution in [0.5, 0.6) is 0 Å². The van der Waals surface area contributed by atoms with Gasteiger partial charge in [-0.15, -0.1) is 16.4 Å². The van der Waals surface area contributed by atoms with Crippen molar-refractivity contribution in [3.63, 3.8) is 0 Å². The van der Waals surface area contributed by atoms with Crippen molar-refractivity contribution in [2.24, 2.45) is 5.92 Å². The molecule has 0 saturated heterocycles. The Morgan fingerprint density at radius 2 is 2.25 bits per heavy atom. The molecule has 0 fully saturated rings. The Bertz CT molecular complexity index is 623. The fourth-order valence-electron chi connectivity index (χ4n) is 1.93. The first kappa shape index (κ1) is 14.9. The van der Waals surface area contributed by atoms with Gasteiger partial charge in [0.1, 0.15) is 0 Å². The molecule has 20 heavy (non-hydrogen) atoms. The van der Waals surface area contributed by atoms with Gasteiger partial charge in [-0.25, -0.2) is 4.68 Å². The second-order valence-corrected chi connectivity index (χ2v) is 6.18. The first-order valence-corrected chi connectivity index (χ1v) is 7.41. The summed E-state index contributed by atoms with van der Waals surface area (Å²) in [5.74, 6) is -0.264. The quantitative estimate of drug-likeness (QED) is 0.917. The lowest BCUT2D eigenvalue weighted by molar-refractivity contribution is -0.138. The number of carbonyl (C=O) groups is 1. The lowest BCUT2D eigenvalue weighted by Gasteiger charge is -2.19. The van der Waals surface area contributed by atoms with E-state index < -0.39 is 5.97 Å². The number of thiophene rings is 1. The van der Waals surface area contributed by atoms with E-state index in [1.807, 2.05) is 26.2 Å². The largest absolute Gasteiger partial charge is 0.481 e. The highest BCUT2D eigenvalue weighted by molar-refractivity contribution is 7.14. The van der Waals surface area contributed by atoms with Crippen LogP contribution in [0.15, 0.2) is 5.38 Å². The predicted octanol–water partition coefficient (Wildman–Crippen LogP) is 3.04. The molecule has 1 unspecified atom stereocenters. The second-order valence-electron chi connectivity index (χ2n) is 4.92. The van der Waals surface area contributed by atoms with Crippen molar-refractivity contribution in [3.8, 4) is 10.7 Å². The SMILES string of the molecule is Cc1csc(-c2nnnn2C(CC(=O)O)C(C)C)c1Cl. The van der Waals surface area contributed by atoms with Crippen LogP contribution in [0.4, 0.5) is 0 Å². The molecule has 2 heterocycles. The van der Waals surface area contributed by atoms with E-state index in [4.69, 9.17) is 16.7 Å². The van der Waals surface area contributed by atoms with E-state index in [9.17, 15) is 4.79 Å². The minimum absolute atomic E-state index is 0.0301. The number of aromatic nitrogens is 4. The average Bonchev–Trinajstić information content (AvgIpc) is 2.94. The molecule has 0 aromatic carbocycles. The van der Waals surface area contributed by atoms with E-state index in [1.54, 1.807) is 4.68 Å². The molecule has 0 radical (unpaired) electrons. The molecule has 8 heteroatoms. The van der Waals surface area contributed by atoms with Crippen molar-refractivity contribution >= 4 is 28.9 Å². The number of aliphatic carboxylic acids is 1. The zero-order chi connectivity index (χ0) is 14.9. The molecule has 2 rings (SSSR count). The van der Waals surface area contributed by atoms with Crippen molar-refractivity contribution in [3.05, 3.63) is 16.0 Å². The van der Waals surface area contributed by atoms with Crippen LogP contribution < -0.4 is 0 Å². The summed E-state index contributed by atoms with van der Waals surface area (Å²) in [7, 11) is 0. The zero-order valence-corrected chi connectivity index (χ0v) is 12.9. The van der Waals surface area contributed by atoms with Gasteiger partial charge in [-0.3, -0.25) is 4.79 Å². The number of rotatable bonds is 5. The number of nitrogens with zero attached hydrogens (tertiary/aromatic N) is 4. The normalized spacial score (nSPS) is 12.8. The number of halogens is 1. The van der Waals surface area contributed by atoms with Gasteiger partial charge in [0.25, 0.3) is 0 Å². The van der Waals surface area contributed by atoms with E-state index in [-0.39, 0.29) is 18.4 Å². The zero-order valence-electron chi connectivity index (χ0n) is 11.4. The van der Waals surface area contributed by atoms with Gasteiger partial charge < -0.3 is 5.11 Å². The van der Waals surface area contributed by atoms with Gasteiger partial charge in [-0.2, -0.15) is 0 Å². The Morgan fingerprint density at radius 3 is 2.75 bits per heavy atom. The van der Waals surface area contributed by atoms with Crippen LogP contribution >= 0.6 is 22.9 Å². The fraction of sp³-hybridized carbons (Fsp3) is 0.500. The summed E-state index contributed by atoms with van der Waals surface area (Å²) in [5, 5.41) is 23.2. The maximum absolute atomic E-state index is 11.0. The number of carboxylic acid groups (broad SMARTS) is 1. The number of hydrogen-bond donors (Lipinski definition) is 1. The molecular formula is C12H15ClN4O2S. The Hall–Kier alpha value is -1.47. The van der Waals surface area contributed by atoms with Gasteiger partial charge in [-0.05, 0) is 34.2 Å². The molecule has 0 bridgehead atoms. The van der Waals surface area contributed by atoms with Gasteiger partial charge in [-0.1, -0.05) is 25.4 Å². The van der Waals surface area contributed by atoms with Crippen LogP contribution in [0.25, 0.3) is 10.7 Å². The molecule has 0 aliphatic carbocycles. The van der Waals surface area contributed by atoms with Gasteiger partial charge >= 0.3 is 5.97 Å². The second kappa shape index (κ2) is 5.88. The van der Waals surface area contributed by atoms with Gasteiger partial charge in [0.05, 0.1) is 22.4 Å². The molecule has 0 amide bonds. The van der Waals surface area contributed by atoms with Crippen molar-refractivity contribution < 1.29 is 9.90 Å². The summed E-state index contributed by atoms with van der Waals surface area (Å²) in [5.41, 5.74) is 0.959. The van der Waals surface area contributed by atoms with E-state index in [0.717, 1.165) is 10.4 Å². The van der Waals surface area contributed by atoms with Crippen LogP contribution in [0.3, 0.4) is 0 Å². The minimum atomic E-state index is -0.876.